The van der Waals surface area contributed by atoms with Crippen LogP contribution in [0.1, 0.15) is 17.7 Å². The molecule has 0 aliphatic carbocycles. The van der Waals surface area contributed by atoms with Gasteiger partial charge < -0.3 is 15.4 Å². The highest BCUT2D eigenvalue weighted by atomic mass is 35.5. The van der Waals surface area contributed by atoms with Gasteiger partial charge in [-0.25, -0.2) is 0 Å². The zero-order valence-electron chi connectivity index (χ0n) is 11.3. The van der Waals surface area contributed by atoms with E-state index in [1.54, 1.807) is 11.3 Å². The van der Waals surface area contributed by atoms with E-state index in [0.717, 1.165) is 39.0 Å². The maximum absolute atomic E-state index is 12.1. The first kappa shape index (κ1) is 15.8. The van der Waals surface area contributed by atoms with E-state index in [1.807, 2.05) is 6.07 Å². The van der Waals surface area contributed by atoms with E-state index in [4.69, 9.17) is 4.74 Å². The predicted molar refractivity (Wildman–Crippen MR) is 82.5 cm³/mol. The highest BCUT2D eigenvalue weighted by molar-refractivity contribution is 7.09. The summed E-state index contributed by atoms with van der Waals surface area (Å²) in [6.07, 6.45) is 3.10. The van der Waals surface area contributed by atoms with Crippen LogP contribution in [-0.2, 0) is 16.0 Å². The van der Waals surface area contributed by atoms with Crippen LogP contribution in [0.3, 0.4) is 0 Å². The van der Waals surface area contributed by atoms with Crippen LogP contribution < -0.4 is 10.6 Å². The number of nitrogens with one attached hydrogen (secondary N) is 2. The lowest BCUT2D eigenvalue weighted by Crippen LogP contribution is -2.50. The summed E-state index contributed by atoms with van der Waals surface area (Å²) in [5.41, 5.74) is 0. The Balaban J connectivity index is 0.00000147. The highest BCUT2D eigenvalue weighted by Crippen LogP contribution is 2.25. The Morgan fingerprint density at radius 2 is 2.45 bits per heavy atom. The van der Waals surface area contributed by atoms with E-state index in [2.05, 4.69) is 22.1 Å². The second-order valence-corrected chi connectivity index (χ2v) is 6.30. The van der Waals surface area contributed by atoms with E-state index in [1.165, 1.54) is 4.88 Å². The first-order valence-electron chi connectivity index (χ1n) is 6.98. The lowest BCUT2D eigenvalue weighted by molar-refractivity contribution is -0.126. The molecule has 1 aromatic rings. The van der Waals surface area contributed by atoms with Crippen molar-refractivity contribution in [1.82, 2.24) is 10.6 Å². The number of carbonyl (C=O) groups is 1. The maximum Gasteiger partial charge on any atom is 0.224 e. The van der Waals surface area contributed by atoms with Gasteiger partial charge in [0.15, 0.2) is 0 Å². The molecule has 3 heterocycles. The molecule has 2 fully saturated rings. The molecule has 20 heavy (non-hydrogen) atoms. The molecule has 6 heteroatoms. The van der Waals surface area contributed by atoms with Crippen LogP contribution in [0.4, 0.5) is 0 Å². The number of carbonyl (C=O) groups excluding carboxylic acids is 1. The van der Waals surface area contributed by atoms with Crippen molar-refractivity contribution in [3.63, 3.8) is 0 Å². The molecular formula is C14H21ClN2O2S. The molecule has 4 nitrogen and oxygen atoms in total. The van der Waals surface area contributed by atoms with Gasteiger partial charge in [-0.05, 0) is 30.7 Å². The fourth-order valence-corrected chi connectivity index (χ4v) is 3.59. The van der Waals surface area contributed by atoms with Gasteiger partial charge in [0.1, 0.15) is 0 Å². The van der Waals surface area contributed by atoms with Gasteiger partial charge in [-0.2, -0.15) is 0 Å². The van der Waals surface area contributed by atoms with Gasteiger partial charge in [-0.3, -0.25) is 4.79 Å². The number of amides is 1. The van der Waals surface area contributed by atoms with E-state index < -0.39 is 0 Å². The van der Waals surface area contributed by atoms with Gasteiger partial charge in [0.05, 0.1) is 12.0 Å². The molecule has 0 spiro atoms. The van der Waals surface area contributed by atoms with Gasteiger partial charge in [-0.15, -0.1) is 23.7 Å². The summed E-state index contributed by atoms with van der Waals surface area (Å²) in [4.78, 5) is 13.4. The first-order valence-corrected chi connectivity index (χ1v) is 7.86. The molecule has 3 rings (SSSR count). The average Bonchev–Trinajstić information content (AvgIpc) is 3.08. The van der Waals surface area contributed by atoms with E-state index >= 15 is 0 Å². The van der Waals surface area contributed by atoms with Gasteiger partial charge in [0, 0.05) is 30.6 Å². The standard InChI is InChI=1S/C14H20N2O2S.ClH/c17-14(15-5-3-11-2-1-7-19-11)10-8-13-12(16-9-10)4-6-18-13;/h1-2,7,10,12-13,16H,3-6,8-9H2,(H,15,17);1H/t10-,12+,13+;/m0./s1. The molecule has 0 radical (unpaired) electrons. The topological polar surface area (TPSA) is 50.4 Å². The lowest BCUT2D eigenvalue weighted by atomic mass is 9.91. The first-order chi connectivity index (χ1) is 9.33. The number of piperidine rings is 1. The minimum absolute atomic E-state index is 0. The third-order valence-corrected chi connectivity index (χ3v) is 4.91. The number of thiophene rings is 1. The summed E-state index contributed by atoms with van der Waals surface area (Å²) in [6.45, 7) is 2.34. The van der Waals surface area contributed by atoms with Gasteiger partial charge >= 0.3 is 0 Å². The highest BCUT2D eigenvalue weighted by Gasteiger charge is 2.36. The van der Waals surface area contributed by atoms with E-state index in [0.29, 0.717) is 6.04 Å². The minimum atomic E-state index is 0. The molecule has 2 aliphatic rings. The molecule has 0 unspecified atom stereocenters. The summed E-state index contributed by atoms with van der Waals surface area (Å²) in [7, 11) is 0. The summed E-state index contributed by atoms with van der Waals surface area (Å²) >= 11 is 1.74. The van der Waals surface area contributed by atoms with Crippen LogP contribution >= 0.6 is 23.7 Å². The van der Waals surface area contributed by atoms with Crippen molar-refractivity contribution in [3.8, 4) is 0 Å². The van der Waals surface area contributed by atoms with Crippen molar-refractivity contribution in [1.29, 1.82) is 0 Å². The molecule has 112 valence electrons. The van der Waals surface area contributed by atoms with Crippen molar-refractivity contribution in [2.45, 2.75) is 31.4 Å². The molecule has 0 bridgehead atoms. The second-order valence-electron chi connectivity index (χ2n) is 5.27. The molecule has 2 aliphatic heterocycles. The number of fused-ring (bicyclic) bond motifs is 1. The Hall–Kier alpha value is -0.620. The van der Waals surface area contributed by atoms with Crippen LogP contribution in [0.2, 0.25) is 0 Å². The third-order valence-electron chi connectivity index (χ3n) is 3.97. The summed E-state index contributed by atoms with van der Waals surface area (Å²) in [5.74, 6) is 0.223. The SMILES string of the molecule is Cl.O=C(NCCc1cccs1)[C@@H]1CN[C@@H]2CCO[C@@H]2C1. The van der Waals surface area contributed by atoms with Crippen LogP contribution in [0, 0.1) is 5.92 Å². The average molecular weight is 317 g/mol. The fraction of sp³-hybridized carbons (Fsp3) is 0.643. The Kier molecular flexibility index (Phi) is 5.84. The Morgan fingerprint density at radius 3 is 3.25 bits per heavy atom. The molecule has 0 aromatic carbocycles. The minimum Gasteiger partial charge on any atom is -0.377 e. The molecule has 2 N–H and O–H groups in total. The third kappa shape index (κ3) is 3.73. The Bertz CT molecular complexity index is 427. The summed E-state index contributed by atoms with van der Waals surface area (Å²) in [5, 5.41) is 8.54. The number of rotatable bonds is 4. The maximum atomic E-state index is 12.1. The molecule has 0 saturated carbocycles. The van der Waals surface area contributed by atoms with Crippen LogP contribution in [-0.4, -0.2) is 37.7 Å². The van der Waals surface area contributed by atoms with Crippen LogP contribution in [0.5, 0.6) is 0 Å². The zero-order valence-corrected chi connectivity index (χ0v) is 13.0. The summed E-state index contributed by atoms with van der Waals surface area (Å²) < 4.78 is 5.66. The van der Waals surface area contributed by atoms with Crippen molar-refractivity contribution in [3.05, 3.63) is 22.4 Å². The zero-order chi connectivity index (χ0) is 13.1. The van der Waals surface area contributed by atoms with Gasteiger partial charge in [-0.1, -0.05) is 6.07 Å². The van der Waals surface area contributed by atoms with Crippen LogP contribution in [0.15, 0.2) is 17.5 Å². The number of halogens is 1. The quantitative estimate of drug-likeness (QED) is 0.887. The van der Waals surface area contributed by atoms with Gasteiger partial charge in [0.2, 0.25) is 5.91 Å². The van der Waals surface area contributed by atoms with Crippen molar-refractivity contribution < 1.29 is 9.53 Å². The van der Waals surface area contributed by atoms with Crippen molar-refractivity contribution >= 4 is 29.7 Å². The smallest absolute Gasteiger partial charge is 0.224 e. The number of hydrogen-bond acceptors (Lipinski definition) is 4. The predicted octanol–water partition coefficient (Wildman–Crippen LogP) is 1.60. The van der Waals surface area contributed by atoms with E-state index in [9.17, 15) is 4.79 Å². The van der Waals surface area contributed by atoms with Crippen molar-refractivity contribution in [2.75, 3.05) is 19.7 Å². The molecule has 1 amide bonds. The number of hydrogen-bond donors (Lipinski definition) is 2. The second kappa shape index (κ2) is 7.41. The lowest BCUT2D eigenvalue weighted by Gasteiger charge is -2.31. The fourth-order valence-electron chi connectivity index (χ4n) is 2.88. The van der Waals surface area contributed by atoms with E-state index in [-0.39, 0.29) is 30.3 Å². The molecule has 2 saturated heterocycles. The molecular weight excluding hydrogens is 296 g/mol. The van der Waals surface area contributed by atoms with Crippen molar-refractivity contribution in [2.24, 2.45) is 5.92 Å². The number of ether oxygens (including phenoxy) is 1. The summed E-state index contributed by atoms with van der Waals surface area (Å²) in [6, 6.07) is 4.62. The molecule has 1 aromatic heterocycles. The van der Waals surface area contributed by atoms with Crippen LogP contribution in [0.25, 0.3) is 0 Å². The normalized spacial score (nSPS) is 28.5. The van der Waals surface area contributed by atoms with Gasteiger partial charge in [0.25, 0.3) is 0 Å². The molecule has 3 atom stereocenters. The largest absolute Gasteiger partial charge is 0.377 e. The monoisotopic (exact) mass is 316 g/mol. The Labute approximate surface area is 129 Å². The Morgan fingerprint density at radius 1 is 1.55 bits per heavy atom.